The average Bonchev–Trinajstić information content (AvgIpc) is 2.66. The average molecular weight is 675 g/mol. The summed E-state index contributed by atoms with van der Waals surface area (Å²) in [6.07, 6.45) is 3.57. The molecule has 13 heteroatoms. The summed E-state index contributed by atoms with van der Waals surface area (Å²) in [7, 11) is -15.6. The second-order valence-electron chi connectivity index (χ2n) is 15.8. The van der Waals surface area contributed by atoms with Gasteiger partial charge in [0, 0.05) is 11.6 Å². The van der Waals surface area contributed by atoms with Crippen molar-refractivity contribution in [1.82, 2.24) is 0 Å². The van der Waals surface area contributed by atoms with Gasteiger partial charge >= 0.3 is 17.8 Å². The molecule has 1 unspecified atom stereocenters. The van der Waals surface area contributed by atoms with Crippen LogP contribution < -0.4 is 10.4 Å². The Morgan fingerprint density at radius 1 is 0.775 bits per heavy atom. The lowest BCUT2D eigenvalue weighted by Gasteiger charge is -2.52. The second kappa shape index (κ2) is 12.7. The van der Waals surface area contributed by atoms with Gasteiger partial charge in [-0.05, 0) is 121 Å². The standard InChI is InChI=1S/C27H58O6Si7/c1-17-24-20-18-21-25(26(24)34(31-37(8,9)10)32-38(11,12)13)40(33-39(14,15)16)23-19-22-27(30-40,28-35(2,3)4)29-36(5,6)7/h17-18,20-21,34H,1,19,22-23H2,2-16H3. The third kappa shape index (κ3) is 11.4. The van der Waals surface area contributed by atoms with Crippen LogP contribution in [0.5, 0.6) is 0 Å². The fourth-order valence-electron chi connectivity index (χ4n) is 4.94. The van der Waals surface area contributed by atoms with Gasteiger partial charge in [-0.1, -0.05) is 30.9 Å². The molecule has 0 radical (unpaired) electrons. The predicted molar refractivity (Wildman–Crippen MR) is 189 cm³/mol. The first-order chi connectivity index (χ1) is 17.8. The fourth-order valence-corrected chi connectivity index (χ4v) is 23.7. The van der Waals surface area contributed by atoms with E-state index in [9.17, 15) is 0 Å². The van der Waals surface area contributed by atoms with E-state index in [-0.39, 0.29) is 0 Å². The molecule has 2 rings (SSSR count). The van der Waals surface area contributed by atoms with Crippen LogP contribution in [0.2, 0.25) is 104 Å². The molecule has 6 nitrogen and oxygen atoms in total. The summed E-state index contributed by atoms with van der Waals surface area (Å²) < 4.78 is 42.5. The Labute approximate surface area is 253 Å². The molecular formula is C27H58O6Si7. The lowest BCUT2D eigenvalue weighted by Crippen LogP contribution is -2.72. The molecule has 1 heterocycles. The fraction of sp³-hybridized carbons (Fsp3) is 0.704. The van der Waals surface area contributed by atoms with E-state index >= 15 is 0 Å². The minimum atomic E-state index is -3.12. The Hall–Kier alpha value is 0.238. The van der Waals surface area contributed by atoms with Crippen LogP contribution in [0.15, 0.2) is 24.8 Å². The van der Waals surface area contributed by atoms with Crippen LogP contribution in [0.25, 0.3) is 6.08 Å². The van der Waals surface area contributed by atoms with Crippen molar-refractivity contribution in [2.45, 2.75) is 123 Å². The molecule has 40 heavy (non-hydrogen) atoms. The quantitative estimate of drug-likeness (QED) is 0.164. The molecule has 1 aromatic rings. The molecule has 0 amide bonds. The van der Waals surface area contributed by atoms with Gasteiger partial charge in [-0.2, -0.15) is 0 Å². The van der Waals surface area contributed by atoms with Crippen LogP contribution in [0.3, 0.4) is 0 Å². The zero-order chi connectivity index (χ0) is 31.0. The monoisotopic (exact) mass is 674 g/mol. The molecule has 230 valence electrons. The van der Waals surface area contributed by atoms with Gasteiger partial charge in [0.1, 0.15) is 0 Å². The minimum Gasteiger partial charge on any atom is -0.436 e. The lowest BCUT2D eigenvalue weighted by atomic mass is 10.2. The molecule has 0 aromatic heterocycles. The Balaban J connectivity index is 2.92. The Kier molecular flexibility index (Phi) is 11.6. The lowest BCUT2D eigenvalue weighted by molar-refractivity contribution is -0.284. The molecule has 1 saturated heterocycles. The third-order valence-electron chi connectivity index (χ3n) is 5.63. The zero-order valence-corrected chi connectivity index (χ0v) is 35.3. The Bertz CT molecular complexity index is 987. The summed E-state index contributed by atoms with van der Waals surface area (Å²) in [6, 6.07) is 7.31. The van der Waals surface area contributed by atoms with Crippen molar-refractivity contribution < 1.29 is 25.6 Å². The molecule has 1 atom stereocenters. The van der Waals surface area contributed by atoms with Crippen molar-refractivity contribution in [3.05, 3.63) is 30.3 Å². The smallest absolute Gasteiger partial charge is 0.366 e. The summed E-state index contributed by atoms with van der Waals surface area (Å²) in [5, 5.41) is 2.27. The summed E-state index contributed by atoms with van der Waals surface area (Å²) in [6.45, 7) is 37.7. The summed E-state index contributed by atoms with van der Waals surface area (Å²) >= 11 is 0. The van der Waals surface area contributed by atoms with E-state index in [0.717, 1.165) is 28.4 Å². The number of hydrogen-bond donors (Lipinski definition) is 0. The summed E-state index contributed by atoms with van der Waals surface area (Å²) in [4.78, 5) is 0. The molecular weight excluding hydrogens is 617 g/mol. The van der Waals surface area contributed by atoms with Crippen LogP contribution in [-0.4, -0.2) is 65.4 Å². The van der Waals surface area contributed by atoms with Gasteiger partial charge in [0.25, 0.3) is 5.97 Å². The van der Waals surface area contributed by atoms with Crippen molar-refractivity contribution in [3.63, 3.8) is 0 Å². The molecule has 0 N–H and O–H groups in total. The van der Waals surface area contributed by atoms with Crippen molar-refractivity contribution in [3.8, 4) is 0 Å². The Morgan fingerprint density at radius 3 is 1.68 bits per heavy atom. The maximum atomic E-state index is 7.40. The van der Waals surface area contributed by atoms with E-state index in [4.69, 9.17) is 25.6 Å². The van der Waals surface area contributed by atoms with E-state index in [0.29, 0.717) is 6.42 Å². The largest absolute Gasteiger partial charge is 0.436 e. The van der Waals surface area contributed by atoms with E-state index in [2.05, 4.69) is 123 Å². The number of hydrogen-bond acceptors (Lipinski definition) is 6. The molecule has 0 bridgehead atoms. The molecule has 0 aliphatic carbocycles. The van der Waals surface area contributed by atoms with Crippen LogP contribution in [-0.2, 0) is 25.6 Å². The zero-order valence-electron chi connectivity index (χ0n) is 28.2. The first-order valence-electron chi connectivity index (χ1n) is 14.7. The predicted octanol–water partition coefficient (Wildman–Crippen LogP) is 7.13. The van der Waals surface area contributed by atoms with Crippen molar-refractivity contribution >= 4 is 75.9 Å². The number of benzene rings is 1. The number of rotatable bonds is 13. The Morgan fingerprint density at radius 2 is 1.27 bits per heavy atom. The van der Waals surface area contributed by atoms with Gasteiger partial charge in [-0.3, -0.25) is 0 Å². The molecule has 1 aliphatic rings. The summed E-state index contributed by atoms with van der Waals surface area (Å²) in [5.74, 6) is -1.10. The SMILES string of the molecule is C=Cc1cccc([Si]2(O[Si](C)(C)C)CCCC(O[Si](C)(C)C)(O[Si](C)(C)C)O2)c1[SiH](O[Si](C)(C)C)O[Si](C)(C)C. The first kappa shape index (κ1) is 36.4. The van der Waals surface area contributed by atoms with Crippen LogP contribution in [0, 0.1) is 0 Å². The van der Waals surface area contributed by atoms with Gasteiger partial charge in [0.05, 0.1) is 0 Å². The van der Waals surface area contributed by atoms with Crippen LogP contribution in [0.4, 0.5) is 0 Å². The molecule has 0 spiro atoms. The molecule has 1 aromatic carbocycles. The van der Waals surface area contributed by atoms with E-state index in [1.54, 1.807) is 0 Å². The van der Waals surface area contributed by atoms with Gasteiger partial charge in [0.15, 0.2) is 41.6 Å². The maximum Gasteiger partial charge on any atom is 0.366 e. The highest BCUT2D eigenvalue weighted by molar-refractivity contribution is 6.95. The van der Waals surface area contributed by atoms with Crippen molar-refractivity contribution in [1.29, 1.82) is 0 Å². The van der Waals surface area contributed by atoms with E-state index < -0.39 is 65.4 Å². The highest BCUT2D eigenvalue weighted by atomic mass is 28.5. The van der Waals surface area contributed by atoms with Gasteiger partial charge in [-0.15, -0.1) is 0 Å². The molecule has 1 fully saturated rings. The summed E-state index contributed by atoms with van der Waals surface area (Å²) in [5.41, 5.74) is 1.06. The second-order valence-corrected chi connectivity index (χ2v) is 44.1. The van der Waals surface area contributed by atoms with Gasteiger partial charge < -0.3 is 25.6 Å². The third-order valence-corrected chi connectivity index (χ3v) is 22.9. The first-order valence-corrected chi connectivity index (χ1v) is 35.3. The van der Waals surface area contributed by atoms with E-state index in [1.165, 1.54) is 0 Å². The topological polar surface area (TPSA) is 55.4 Å². The molecule has 1 aliphatic heterocycles. The van der Waals surface area contributed by atoms with Crippen molar-refractivity contribution in [2.75, 3.05) is 0 Å². The highest BCUT2D eigenvalue weighted by Crippen LogP contribution is 2.41. The van der Waals surface area contributed by atoms with Gasteiger partial charge in [-0.25, -0.2) is 0 Å². The van der Waals surface area contributed by atoms with E-state index in [1.807, 2.05) is 6.08 Å². The van der Waals surface area contributed by atoms with Crippen molar-refractivity contribution in [2.24, 2.45) is 0 Å². The van der Waals surface area contributed by atoms with Crippen LogP contribution in [0.1, 0.15) is 18.4 Å². The minimum absolute atomic E-state index is 0.708. The molecule has 0 saturated carbocycles. The van der Waals surface area contributed by atoms with Crippen LogP contribution >= 0.6 is 0 Å². The normalized spacial score (nSPS) is 21.1. The van der Waals surface area contributed by atoms with Gasteiger partial charge in [0.2, 0.25) is 0 Å². The highest BCUT2D eigenvalue weighted by Gasteiger charge is 2.57. The maximum absolute atomic E-state index is 7.40.